The van der Waals surface area contributed by atoms with Gasteiger partial charge in [-0.05, 0) is 55.5 Å². The molecule has 3 amide bonds. The first-order valence-electron chi connectivity index (χ1n) is 15.9. The van der Waals surface area contributed by atoms with Crippen molar-refractivity contribution in [3.05, 3.63) is 101 Å². The van der Waals surface area contributed by atoms with E-state index in [1.165, 1.54) is 22.5 Å². The second kappa shape index (κ2) is 16.5. The molecule has 2 heterocycles. The van der Waals surface area contributed by atoms with Gasteiger partial charge in [0, 0.05) is 54.6 Å². The van der Waals surface area contributed by atoms with Gasteiger partial charge in [-0.2, -0.15) is 0 Å². The smallest absolute Gasteiger partial charge is 0.323 e. The van der Waals surface area contributed by atoms with E-state index in [1.54, 1.807) is 29.2 Å². The zero-order valence-corrected chi connectivity index (χ0v) is 28.2. The minimum atomic E-state index is -3.37. The SMILES string of the molecule is CS(=O)(=O)Nc1ccc(-c2csc(NC(=O)N(CCCC(=O)N[C@@H]3CCCNC3)CCC(c3ccccc3)c3ccccc3)n2)cc1. The summed E-state index contributed by atoms with van der Waals surface area (Å²) in [6, 6.07) is 27.4. The van der Waals surface area contributed by atoms with Crippen LogP contribution in [0.2, 0.25) is 0 Å². The number of aromatic nitrogens is 1. The van der Waals surface area contributed by atoms with Crippen molar-refractivity contribution < 1.29 is 18.0 Å². The van der Waals surface area contributed by atoms with E-state index >= 15 is 0 Å². The summed E-state index contributed by atoms with van der Waals surface area (Å²) < 4.78 is 25.5. The first kappa shape index (κ1) is 34.1. The lowest BCUT2D eigenvalue weighted by molar-refractivity contribution is -0.122. The Morgan fingerprint density at radius 2 is 1.66 bits per heavy atom. The molecule has 1 aliphatic rings. The van der Waals surface area contributed by atoms with Crippen LogP contribution in [0.4, 0.5) is 15.6 Å². The third-order valence-corrected chi connectivity index (χ3v) is 9.44. The van der Waals surface area contributed by atoms with Crippen molar-refractivity contribution in [2.45, 2.75) is 44.1 Å². The van der Waals surface area contributed by atoms with Crippen molar-refractivity contribution in [3.63, 3.8) is 0 Å². The van der Waals surface area contributed by atoms with Crippen LogP contribution in [-0.2, 0) is 14.8 Å². The molecule has 0 saturated carbocycles. The number of hydrogen-bond donors (Lipinski definition) is 4. The van der Waals surface area contributed by atoms with E-state index < -0.39 is 10.0 Å². The zero-order valence-electron chi connectivity index (χ0n) is 26.5. The van der Waals surface area contributed by atoms with Crippen LogP contribution in [0, 0.1) is 0 Å². The number of nitrogens with zero attached hydrogens (tertiary/aromatic N) is 2. The molecule has 10 nitrogen and oxygen atoms in total. The Morgan fingerprint density at radius 3 is 2.28 bits per heavy atom. The maximum atomic E-state index is 13.7. The number of amides is 3. The fourth-order valence-corrected chi connectivity index (χ4v) is 7.03. The van der Waals surface area contributed by atoms with E-state index in [2.05, 4.69) is 49.9 Å². The highest BCUT2D eigenvalue weighted by molar-refractivity contribution is 7.92. The van der Waals surface area contributed by atoms with Crippen LogP contribution in [-0.4, -0.2) is 68.7 Å². The highest BCUT2D eigenvalue weighted by atomic mass is 32.2. The average Bonchev–Trinajstić information content (AvgIpc) is 3.53. The number of urea groups is 1. The minimum Gasteiger partial charge on any atom is -0.352 e. The molecule has 3 aromatic carbocycles. The van der Waals surface area contributed by atoms with E-state index in [9.17, 15) is 18.0 Å². The summed E-state index contributed by atoms with van der Waals surface area (Å²) in [4.78, 5) is 32.8. The Kier molecular flexibility index (Phi) is 12.0. The van der Waals surface area contributed by atoms with Gasteiger partial charge in [0.05, 0.1) is 11.9 Å². The van der Waals surface area contributed by atoms with Crippen molar-refractivity contribution in [1.82, 2.24) is 20.5 Å². The van der Waals surface area contributed by atoms with E-state index in [-0.39, 0.29) is 23.9 Å². The number of benzene rings is 3. The number of piperidine rings is 1. The summed E-state index contributed by atoms with van der Waals surface area (Å²) >= 11 is 1.32. The van der Waals surface area contributed by atoms with Crippen LogP contribution >= 0.6 is 11.3 Å². The van der Waals surface area contributed by atoms with Gasteiger partial charge < -0.3 is 15.5 Å². The molecule has 0 spiro atoms. The first-order valence-corrected chi connectivity index (χ1v) is 18.7. The molecule has 1 saturated heterocycles. The molecule has 1 aromatic heterocycles. The number of nitrogens with one attached hydrogen (secondary N) is 4. The van der Waals surface area contributed by atoms with Crippen LogP contribution < -0.4 is 20.7 Å². The van der Waals surface area contributed by atoms with E-state index in [0.717, 1.165) is 37.8 Å². The fraction of sp³-hybridized carbons (Fsp3) is 0.343. The molecule has 12 heteroatoms. The van der Waals surface area contributed by atoms with Crippen LogP contribution in [0.1, 0.15) is 49.1 Å². The Morgan fingerprint density at radius 1 is 0.979 bits per heavy atom. The summed E-state index contributed by atoms with van der Waals surface area (Å²) in [5.74, 6) is 0.106. The van der Waals surface area contributed by atoms with Gasteiger partial charge >= 0.3 is 6.03 Å². The highest BCUT2D eigenvalue weighted by Gasteiger charge is 2.21. The monoisotopic (exact) mass is 674 g/mol. The minimum absolute atomic E-state index is 0.00725. The van der Waals surface area contributed by atoms with E-state index in [4.69, 9.17) is 0 Å². The van der Waals surface area contributed by atoms with Crippen molar-refractivity contribution in [3.8, 4) is 11.3 Å². The molecule has 0 unspecified atom stereocenters. The van der Waals surface area contributed by atoms with Gasteiger partial charge in [-0.25, -0.2) is 18.2 Å². The molecule has 1 fully saturated rings. The lowest BCUT2D eigenvalue weighted by atomic mass is 9.88. The Hall–Kier alpha value is -4.26. The molecule has 4 aromatic rings. The molecule has 47 heavy (non-hydrogen) atoms. The maximum absolute atomic E-state index is 13.7. The molecular formula is C35H42N6O4S2. The van der Waals surface area contributed by atoms with E-state index in [1.807, 2.05) is 41.8 Å². The molecule has 1 atom stereocenters. The van der Waals surface area contributed by atoms with Crippen LogP contribution in [0.25, 0.3) is 11.3 Å². The second-order valence-electron chi connectivity index (χ2n) is 11.8. The van der Waals surface area contributed by atoms with Crippen molar-refractivity contribution >= 4 is 44.1 Å². The van der Waals surface area contributed by atoms with Crippen molar-refractivity contribution in [1.29, 1.82) is 0 Å². The summed E-state index contributed by atoms with van der Waals surface area (Å²) in [6.45, 7) is 2.68. The second-order valence-corrected chi connectivity index (χ2v) is 14.4. The molecule has 0 radical (unpaired) electrons. The molecule has 5 rings (SSSR count). The van der Waals surface area contributed by atoms with Gasteiger partial charge in [0.2, 0.25) is 15.9 Å². The summed E-state index contributed by atoms with van der Waals surface area (Å²) in [5, 5.41) is 11.7. The largest absolute Gasteiger partial charge is 0.352 e. The standard InChI is InChI=1S/C35H42N6O4S2/c1-47(44,45)40-29-18-16-28(17-19-29)32-25-46-34(38-32)39-35(43)41(22-9-15-33(42)37-30-14-8-21-36-24-30)23-20-31(26-10-4-2-5-11-26)27-12-6-3-7-13-27/h2-7,10-13,16-19,25,30-31,36,40H,8-9,14-15,20-24H2,1H3,(H,37,42)(H,38,39,43)/t30-/m1/s1. The Bertz CT molecular complexity index is 1650. The fourth-order valence-electron chi connectivity index (χ4n) is 5.76. The molecule has 0 bridgehead atoms. The lowest BCUT2D eigenvalue weighted by Gasteiger charge is -2.26. The number of anilines is 2. The quantitative estimate of drug-likeness (QED) is 0.132. The zero-order chi connectivity index (χ0) is 33.1. The average molecular weight is 675 g/mol. The van der Waals surface area contributed by atoms with Gasteiger partial charge in [-0.15, -0.1) is 11.3 Å². The number of hydrogen-bond acceptors (Lipinski definition) is 7. The van der Waals surface area contributed by atoms with Crippen molar-refractivity contribution in [2.24, 2.45) is 0 Å². The first-order chi connectivity index (χ1) is 22.7. The maximum Gasteiger partial charge on any atom is 0.323 e. The Balaban J connectivity index is 1.26. The highest BCUT2D eigenvalue weighted by Crippen LogP contribution is 2.29. The Labute approximate surface area is 281 Å². The number of thiazole rings is 1. The number of sulfonamides is 1. The normalized spacial score (nSPS) is 14.8. The lowest BCUT2D eigenvalue weighted by Crippen LogP contribution is -2.45. The molecule has 1 aliphatic heterocycles. The number of carbonyl (C=O) groups excluding carboxylic acids is 2. The topological polar surface area (TPSA) is 133 Å². The third kappa shape index (κ3) is 10.6. The predicted octanol–water partition coefficient (Wildman–Crippen LogP) is 5.89. The van der Waals surface area contributed by atoms with Gasteiger partial charge in [0.1, 0.15) is 0 Å². The van der Waals surface area contributed by atoms with Gasteiger partial charge in [0.25, 0.3) is 0 Å². The van der Waals surface area contributed by atoms with E-state index in [0.29, 0.717) is 48.9 Å². The van der Waals surface area contributed by atoms with Gasteiger partial charge in [-0.1, -0.05) is 72.8 Å². The van der Waals surface area contributed by atoms with Crippen LogP contribution in [0.3, 0.4) is 0 Å². The van der Waals surface area contributed by atoms with Gasteiger partial charge in [0.15, 0.2) is 5.13 Å². The number of rotatable bonds is 14. The van der Waals surface area contributed by atoms with Crippen LogP contribution in [0.15, 0.2) is 90.3 Å². The molecule has 248 valence electrons. The molecular weight excluding hydrogens is 633 g/mol. The van der Waals surface area contributed by atoms with Crippen LogP contribution in [0.5, 0.6) is 0 Å². The van der Waals surface area contributed by atoms with Crippen molar-refractivity contribution in [2.75, 3.05) is 42.5 Å². The molecule has 4 N–H and O–H groups in total. The summed E-state index contributed by atoms with van der Waals surface area (Å²) in [5.41, 5.74) is 4.29. The van der Waals surface area contributed by atoms with Gasteiger partial charge in [-0.3, -0.25) is 14.8 Å². The predicted molar refractivity (Wildman–Crippen MR) is 189 cm³/mol. The third-order valence-electron chi connectivity index (χ3n) is 8.07. The number of carbonyl (C=O) groups is 2. The summed E-state index contributed by atoms with van der Waals surface area (Å²) in [6.07, 6.45) is 4.72. The molecule has 0 aliphatic carbocycles. The summed E-state index contributed by atoms with van der Waals surface area (Å²) in [7, 11) is -3.37.